The Balaban J connectivity index is 1.97. The lowest BCUT2D eigenvalue weighted by Gasteiger charge is -2.49. The van der Waals surface area contributed by atoms with Gasteiger partial charge in [0, 0.05) is 24.7 Å². The van der Waals surface area contributed by atoms with Gasteiger partial charge in [0.2, 0.25) is 0 Å². The zero-order chi connectivity index (χ0) is 11.3. The summed E-state index contributed by atoms with van der Waals surface area (Å²) < 4.78 is 5.40. The molecule has 3 nitrogen and oxygen atoms in total. The molecule has 0 heterocycles. The van der Waals surface area contributed by atoms with E-state index in [0.717, 1.165) is 39.0 Å². The van der Waals surface area contributed by atoms with E-state index in [1.807, 2.05) is 0 Å². The van der Waals surface area contributed by atoms with Gasteiger partial charge >= 0.3 is 0 Å². The van der Waals surface area contributed by atoms with Crippen LogP contribution in [0.5, 0.6) is 0 Å². The quantitative estimate of drug-likeness (QED) is 0.633. The van der Waals surface area contributed by atoms with Crippen LogP contribution in [-0.4, -0.2) is 37.0 Å². The molecular weight excluding hydrogens is 190 g/mol. The average molecular weight is 215 g/mol. The van der Waals surface area contributed by atoms with Crippen molar-refractivity contribution in [1.29, 1.82) is 0 Å². The van der Waals surface area contributed by atoms with Gasteiger partial charge in [-0.05, 0) is 25.8 Å². The Hall–Kier alpha value is -0.120. The third-order valence-corrected chi connectivity index (χ3v) is 3.42. The van der Waals surface area contributed by atoms with E-state index in [2.05, 4.69) is 26.1 Å². The molecule has 1 rings (SSSR count). The first-order chi connectivity index (χ1) is 7.09. The molecule has 2 unspecified atom stereocenters. The maximum absolute atomic E-state index is 9.55. The van der Waals surface area contributed by atoms with E-state index in [1.165, 1.54) is 0 Å². The van der Waals surface area contributed by atoms with Crippen LogP contribution in [0.25, 0.3) is 0 Å². The van der Waals surface area contributed by atoms with Crippen LogP contribution in [0, 0.1) is 5.41 Å². The van der Waals surface area contributed by atoms with Crippen LogP contribution in [0.3, 0.4) is 0 Å². The van der Waals surface area contributed by atoms with Crippen molar-refractivity contribution in [2.24, 2.45) is 5.41 Å². The summed E-state index contributed by atoms with van der Waals surface area (Å²) in [6, 6.07) is 0.471. The van der Waals surface area contributed by atoms with Crippen molar-refractivity contribution in [3.8, 4) is 0 Å². The van der Waals surface area contributed by atoms with E-state index in [-0.39, 0.29) is 11.5 Å². The third-order valence-electron chi connectivity index (χ3n) is 3.42. The van der Waals surface area contributed by atoms with Crippen LogP contribution in [0.2, 0.25) is 0 Å². The Labute approximate surface area is 93.2 Å². The molecular formula is C12H25NO2. The van der Waals surface area contributed by atoms with Gasteiger partial charge in [-0.2, -0.15) is 0 Å². The van der Waals surface area contributed by atoms with Gasteiger partial charge in [0.25, 0.3) is 0 Å². The van der Waals surface area contributed by atoms with E-state index >= 15 is 0 Å². The highest BCUT2D eigenvalue weighted by atomic mass is 16.5. The Bertz CT molecular complexity index is 182. The number of hydrogen-bond acceptors (Lipinski definition) is 3. The molecule has 0 spiro atoms. The van der Waals surface area contributed by atoms with Gasteiger partial charge in [-0.25, -0.2) is 0 Å². The third kappa shape index (κ3) is 3.44. The van der Waals surface area contributed by atoms with Gasteiger partial charge < -0.3 is 15.2 Å². The maximum Gasteiger partial charge on any atom is 0.0621 e. The van der Waals surface area contributed by atoms with Crippen molar-refractivity contribution in [2.75, 3.05) is 19.8 Å². The minimum absolute atomic E-state index is 0.0459. The largest absolute Gasteiger partial charge is 0.392 e. The van der Waals surface area contributed by atoms with Gasteiger partial charge in [-0.15, -0.1) is 0 Å². The fourth-order valence-corrected chi connectivity index (χ4v) is 1.95. The first-order valence-electron chi connectivity index (χ1n) is 6.08. The van der Waals surface area contributed by atoms with Crippen molar-refractivity contribution in [2.45, 2.75) is 52.2 Å². The smallest absolute Gasteiger partial charge is 0.0621 e. The lowest BCUT2D eigenvalue weighted by Crippen LogP contribution is -2.60. The van der Waals surface area contributed by atoms with Crippen molar-refractivity contribution in [3.63, 3.8) is 0 Å². The van der Waals surface area contributed by atoms with E-state index in [0.29, 0.717) is 6.04 Å². The zero-order valence-corrected chi connectivity index (χ0v) is 10.3. The van der Waals surface area contributed by atoms with Gasteiger partial charge in [0.1, 0.15) is 0 Å². The maximum atomic E-state index is 9.55. The zero-order valence-electron chi connectivity index (χ0n) is 10.3. The van der Waals surface area contributed by atoms with Crippen LogP contribution in [0.4, 0.5) is 0 Å². The molecule has 0 aromatic carbocycles. The second-order valence-corrected chi connectivity index (χ2v) is 5.05. The molecule has 1 aliphatic rings. The first-order valence-corrected chi connectivity index (χ1v) is 6.08. The van der Waals surface area contributed by atoms with Crippen LogP contribution in [0.1, 0.15) is 40.0 Å². The Morgan fingerprint density at radius 2 is 2.13 bits per heavy atom. The second kappa shape index (κ2) is 5.83. The summed E-state index contributed by atoms with van der Waals surface area (Å²) in [7, 11) is 0. The molecule has 0 bridgehead atoms. The molecule has 1 aliphatic carbocycles. The average Bonchev–Trinajstić information content (AvgIpc) is 2.21. The predicted octanol–water partition coefficient (Wildman–Crippen LogP) is 1.55. The molecule has 90 valence electrons. The predicted molar refractivity (Wildman–Crippen MR) is 61.9 cm³/mol. The van der Waals surface area contributed by atoms with E-state index < -0.39 is 0 Å². The number of hydrogen-bond donors (Lipinski definition) is 2. The normalized spacial score (nSPS) is 28.8. The van der Waals surface area contributed by atoms with Crippen molar-refractivity contribution in [1.82, 2.24) is 5.32 Å². The number of aliphatic hydroxyl groups excluding tert-OH is 1. The molecule has 1 fully saturated rings. The highest BCUT2D eigenvalue weighted by Crippen LogP contribution is 2.40. The monoisotopic (exact) mass is 215 g/mol. The molecule has 3 heteroatoms. The SMILES string of the molecule is CCCOCCCNC1CC(O)C1(C)C. The van der Waals surface area contributed by atoms with Gasteiger partial charge in [0.05, 0.1) is 6.10 Å². The molecule has 0 aromatic rings. The van der Waals surface area contributed by atoms with Gasteiger partial charge in [-0.1, -0.05) is 20.8 Å². The van der Waals surface area contributed by atoms with Crippen LogP contribution >= 0.6 is 0 Å². The highest BCUT2D eigenvalue weighted by molar-refractivity contribution is 5.01. The fourth-order valence-electron chi connectivity index (χ4n) is 1.95. The summed E-state index contributed by atoms with van der Waals surface area (Å²) in [4.78, 5) is 0. The van der Waals surface area contributed by atoms with Gasteiger partial charge in [0.15, 0.2) is 0 Å². The molecule has 2 N–H and O–H groups in total. The molecule has 0 saturated heterocycles. The minimum Gasteiger partial charge on any atom is -0.392 e. The summed E-state index contributed by atoms with van der Waals surface area (Å²) in [5.41, 5.74) is 0.0459. The van der Waals surface area contributed by atoms with E-state index in [1.54, 1.807) is 0 Å². The Morgan fingerprint density at radius 1 is 1.40 bits per heavy atom. The molecule has 0 radical (unpaired) electrons. The topological polar surface area (TPSA) is 41.5 Å². The molecule has 0 aromatic heterocycles. The van der Waals surface area contributed by atoms with Crippen molar-refractivity contribution < 1.29 is 9.84 Å². The number of rotatable bonds is 7. The highest BCUT2D eigenvalue weighted by Gasteiger charge is 2.46. The van der Waals surface area contributed by atoms with Crippen LogP contribution < -0.4 is 5.32 Å². The molecule has 0 amide bonds. The van der Waals surface area contributed by atoms with E-state index in [9.17, 15) is 5.11 Å². The Kier molecular flexibility index (Phi) is 5.03. The molecule has 15 heavy (non-hydrogen) atoms. The number of nitrogens with one attached hydrogen (secondary N) is 1. The Morgan fingerprint density at radius 3 is 2.67 bits per heavy atom. The summed E-state index contributed by atoms with van der Waals surface area (Å²) in [6.45, 7) is 9.06. The lowest BCUT2D eigenvalue weighted by molar-refractivity contribution is -0.0726. The van der Waals surface area contributed by atoms with Crippen LogP contribution in [0.15, 0.2) is 0 Å². The van der Waals surface area contributed by atoms with Crippen LogP contribution in [-0.2, 0) is 4.74 Å². The first kappa shape index (κ1) is 12.9. The molecule has 2 atom stereocenters. The molecule has 1 saturated carbocycles. The molecule has 0 aliphatic heterocycles. The number of aliphatic hydroxyl groups is 1. The van der Waals surface area contributed by atoms with Crippen molar-refractivity contribution >= 4 is 0 Å². The summed E-state index contributed by atoms with van der Waals surface area (Å²) >= 11 is 0. The summed E-state index contributed by atoms with van der Waals surface area (Å²) in [5, 5.41) is 13.0. The lowest BCUT2D eigenvalue weighted by atomic mass is 9.64. The number of ether oxygens (including phenoxy) is 1. The van der Waals surface area contributed by atoms with Crippen molar-refractivity contribution in [3.05, 3.63) is 0 Å². The standard InChI is InChI=1S/C12H25NO2/c1-4-7-15-8-5-6-13-10-9-11(14)12(10,2)3/h10-11,13-14H,4-9H2,1-3H3. The fraction of sp³-hybridized carbons (Fsp3) is 1.00. The summed E-state index contributed by atoms with van der Waals surface area (Å²) in [5.74, 6) is 0. The second-order valence-electron chi connectivity index (χ2n) is 5.05. The van der Waals surface area contributed by atoms with E-state index in [4.69, 9.17) is 4.74 Å². The summed E-state index contributed by atoms with van der Waals surface area (Å²) in [6.07, 6.45) is 2.91. The minimum atomic E-state index is -0.133. The van der Waals surface area contributed by atoms with Gasteiger partial charge in [-0.3, -0.25) is 0 Å².